The number of hydrogen-bond donors (Lipinski definition) is 6. The highest BCUT2D eigenvalue weighted by Crippen LogP contribution is 2.30. The van der Waals surface area contributed by atoms with E-state index in [1.165, 1.54) is 109 Å². The Morgan fingerprint density at radius 2 is 0.667 bits per heavy atom. The van der Waals surface area contributed by atoms with Gasteiger partial charge in [-0.1, -0.05) is 12.1 Å². The third-order valence-electron chi connectivity index (χ3n) is 9.21. The average molecular weight is 800 g/mol. The second kappa shape index (κ2) is 15.5. The van der Waals surface area contributed by atoms with Crippen LogP contribution in [0.1, 0.15) is 138 Å². The van der Waals surface area contributed by atoms with Gasteiger partial charge in [-0.3, -0.25) is 43.3 Å². The average Bonchev–Trinajstić information content (AvgIpc) is 3.28. The summed E-state index contributed by atoms with van der Waals surface area (Å²) in [6.07, 6.45) is 0. The maximum absolute atomic E-state index is 13.6. The number of imide groups is 1. The lowest BCUT2D eigenvalue weighted by atomic mass is 9.93. The van der Waals surface area contributed by atoms with Gasteiger partial charge in [-0.25, -0.2) is 4.79 Å². The molecule has 1 aromatic carbocycles. The van der Waals surface area contributed by atoms with Gasteiger partial charge < -0.3 is 36.6 Å². The van der Waals surface area contributed by atoms with Crippen LogP contribution in [0.2, 0.25) is 0 Å². The van der Waals surface area contributed by atoms with Gasteiger partial charge in [-0.2, -0.15) is 0 Å². The third kappa shape index (κ3) is 10.9. The fourth-order valence-electron chi connectivity index (χ4n) is 5.18. The molecule has 1 heterocycles. The number of amides is 8. The fraction of sp³-hybridized carbons (Fsp3) is 0.625. The molecule has 8 amide bonds. The summed E-state index contributed by atoms with van der Waals surface area (Å²) in [6.45, 7) is 24.7. The van der Waals surface area contributed by atoms with E-state index in [4.69, 9.17) is 4.74 Å². The van der Waals surface area contributed by atoms with Crippen molar-refractivity contribution in [3.05, 3.63) is 35.4 Å². The first kappa shape index (κ1) is 47.8. The number of hydrogen-bond acceptors (Lipinski definition) is 10. The summed E-state index contributed by atoms with van der Waals surface area (Å²) in [4.78, 5) is 120. The number of benzene rings is 1. The van der Waals surface area contributed by atoms with Gasteiger partial charge in [0.15, 0.2) is 0 Å². The van der Waals surface area contributed by atoms with Gasteiger partial charge in [0.05, 0.1) is 11.1 Å². The third-order valence-corrected chi connectivity index (χ3v) is 9.21. The van der Waals surface area contributed by atoms with Gasteiger partial charge in [-0.05, 0) is 130 Å². The number of nitrogens with one attached hydrogen (secondary N) is 6. The fourth-order valence-corrected chi connectivity index (χ4v) is 5.18. The van der Waals surface area contributed by atoms with Crippen molar-refractivity contribution < 1.29 is 47.9 Å². The van der Waals surface area contributed by atoms with Crippen molar-refractivity contribution in [2.75, 3.05) is 0 Å². The molecular weight excluding hydrogens is 738 g/mol. The molecule has 17 nitrogen and oxygen atoms in total. The Kier molecular flexibility index (Phi) is 13.0. The first-order valence-corrected chi connectivity index (χ1v) is 18.5. The predicted molar refractivity (Wildman–Crippen MR) is 210 cm³/mol. The first-order valence-electron chi connectivity index (χ1n) is 18.5. The van der Waals surface area contributed by atoms with Crippen LogP contribution in [0.5, 0.6) is 0 Å². The molecular formula is C40H61N7O10. The Balaban J connectivity index is 2.09. The smallest absolute Gasteiger partial charge is 0.331 e. The lowest BCUT2D eigenvalue weighted by Gasteiger charge is -2.38. The maximum atomic E-state index is 13.6. The van der Waals surface area contributed by atoms with Crippen LogP contribution in [-0.2, 0) is 38.3 Å². The van der Waals surface area contributed by atoms with E-state index in [1.54, 1.807) is 32.9 Å². The van der Waals surface area contributed by atoms with E-state index in [2.05, 4.69) is 31.9 Å². The normalized spacial score (nSPS) is 14.2. The number of esters is 1. The molecule has 0 saturated carbocycles. The van der Waals surface area contributed by atoms with Gasteiger partial charge in [0.25, 0.3) is 11.8 Å². The van der Waals surface area contributed by atoms with E-state index in [-0.39, 0.29) is 11.1 Å². The summed E-state index contributed by atoms with van der Waals surface area (Å²) in [5, 5.41) is 15.5. The zero-order valence-corrected chi connectivity index (χ0v) is 36.3. The van der Waals surface area contributed by atoms with Crippen molar-refractivity contribution in [3.63, 3.8) is 0 Å². The molecule has 0 spiro atoms. The molecule has 1 aliphatic rings. The molecule has 316 valence electrons. The van der Waals surface area contributed by atoms with Gasteiger partial charge >= 0.3 is 5.97 Å². The highest BCUT2D eigenvalue weighted by atomic mass is 16.6. The first-order chi connectivity index (χ1) is 25.3. The number of nitrogens with zero attached hydrogens (tertiary/aromatic N) is 1. The minimum Gasteiger partial charge on any atom is -0.458 e. The van der Waals surface area contributed by atoms with Crippen LogP contribution in [0.15, 0.2) is 24.3 Å². The number of rotatable bonds is 14. The second-order valence-corrected chi connectivity index (χ2v) is 19.0. The molecule has 0 aliphatic carbocycles. The van der Waals surface area contributed by atoms with Gasteiger partial charge in [0.1, 0.15) is 44.4 Å². The summed E-state index contributed by atoms with van der Waals surface area (Å²) < 4.78 is 5.39. The summed E-state index contributed by atoms with van der Waals surface area (Å²) in [6, 6.07) is 6.17. The van der Waals surface area contributed by atoms with Crippen LogP contribution in [0, 0.1) is 0 Å². The van der Waals surface area contributed by atoms with Gasteiger partial charge in [0, 0.05) is 0 Å². The zero-order valence-electron chi connectivity index (χ0n) is 36.3. The molecule has 0 radical (unpaired) electrons. The number of fused-ring (bicyclic) bond motifs is 1. The van der Waals surface area contributed by atoms with Crippen LogP contribution in [-0.4, -0.2) is 103 Å². The van der Waals surface area contributed by atoms with Crippen molar-refractivity contribution in [3.8, 4) is 0 Å². The molecule has 0 bridgehead atoms. The lowest BCUT2D eigenvalue weighted by Crippen LogP contribution is -2.69. The molecule has 6 N–H and O–H groups in total. The minimum absolute atomic E-state index is 0.155. The molecule has 17 heteroatoms. The molecule has 2 rings (SSSR count). The van der Waals surface area contributed by atoms with Crippen molar-refractivity contribution in [2.24, 2.45) is 0 Å². The lowest BCUT2D eigenvalue weighted by molar-refractivity contribution is -0.163. The molecule has 0 atom stereocenters. The second-order valence-electron chi connectivity index (χ2n) is 19.0. The van der Waals surface area contributed by atoms with Crippen molar-refractivity contribution in [1.29, 1.82) is 0 Å². The Morgan fingerprint density at radius 3 is 0.930 bits per heavy atom. The van der Waals surface area contributed by atoms with E-state index in [1.807, 2.05) is 0 Å². The van der Waals surface area contributed by atoms with Crippen LogP contribution >= 0.6 is 0 Å². The Hall–Kier alpha value is -5.35. The largest absolute Gasteiger partial charge is 0.458 e. The topological polar surface area (TPSA) is 238 Å². The molecule has 1 aliphatic heterocycles. The minimum atomic E-state index is -1.71. The van der Waals surface area contributed by atoms with Crippen molar-refractivity contribution >= 4 is 53.2 Å². The van der Waals surface area contributed by atoms with Gasteiger partial charge in [-0.15, -0.1) is 0 Å². The highest BCUT2D eigenvalue weighted by Gasteiger charge is 2.50. The summed E-state index contributed by atoms with van der Waals surface area (Å²) >= 11 is 0. The number of carbonyl (C=O) groups is 9. The van der Waals surface area contributed by atoms with Crippen molar-refractivity contribution in [1.82, 2.24) is 36.8 Å². The molecule has 0 aromatic heterocycles. The Bertz CT molecular complexity index is 1830. The van der Waals surface area contributed by atoms with E-state index in [9.17, 15) is 43.2 Å². The van der Waals surface area contributed by atoms with E-state index < -0.39 is 97.6 Å². The highest BCUT2D eigenvalue weighted by molar-refractivity contribution is 6.23. The van der Waals surface area contributed by atoms with Crippen LogP contribution in [0.25, 0.3) is 0 Å². The van der Waals surface area contributed by atoms with Crippen LogP contribution in [0.4, 0.5) is 0 Å². The molecule has 0 unspecified atom stereocenters. The maximum Gasteiger partial charge on any atom is 0.331 e. The van der Waals surface area contributed by atoms with Crippen LogP contribution < -0.4 is 31.9 Å². The number of carbonyl (C=O) groups excluding carboxylic acids is 9. The Labute approximate surface area is 334 Å². The quantitative estimate of drug-likeness (QED) is 0.118. The molecule has 1 aromatic rings. The van der Waals surface area contributed by atoms with E-state index in [0.717, 1.165) is 4.90 Å². The molecule has 0 fully saturated rings. The summed E-state index contributed by atoms with van der Waals surface area (Å²) in [5.41, 5.74) is -11.8. The SMILES string of the molecule is CC(C)(C)OC(=O)C(C)(C)NC(=O)C(C)(C)NC(=O)C(C)(C)NC(=O)C(C)(C)NC(=O)C(C)(C)NC(=O)C(C)(C)NC(=O)C(C)(C)N1C(=O)c2ccccc2C1=O. The summed E-state index contributed by atoms with van der Waals surface area (Å²) in [7, 11) is 0. The monoisotopic (exact) mass is 799 g/mol. The predicted octanol–water partition coefficient (Wildman–Crippen LogP) is 1.77. The summed E-state index contributed by atoms with van der Waals surface area (Å²) in [5.74, 6) is -6.62. The zero-order chi connectivity index (χ0) is 44.7. The molecule has 0 saturated heterocycles. The Morgan fingerprint density at radius 1 is 0.421 bits per heavy atom. The van der Waals surface area contributed by atoms with E-state index in [0.29, 0.717) is 0 Å². The van der Waals surface area contributed by atoms with Gasteiger partial charge in [0.2, 0.25) is 35.4 Å². The standard InChI is InChI=1S/C40H61N7O10/c1-33(2,3)57-32(56)39(14,15)45-30(54)37(10,11)43-28(52)35(6,7)41-26(50)34(4,5)42-27(51)36(8,9)44-29(53)38(12,13)46-31(55)40(16,17)47-24(48)22-20-18-19-21-23(22)25(47)49/h18-21H,1-17H3,(H,41,50)(H,42,51)(H,43,52)(H,44,53)(H,45,54)(H,46,55). The van der Waals surface area contributed by atoms with E-state index >= 15 is 0 Å². The van der Waals surface area contributed by atoms with Crippen molar-refractivity contribution in [2.45, 2.75) is 162 Å². The molecule has 57 heavy (non-hydrogen) atoms. The van der Waals surface area contributed by atoms with Crippen LogP contribution in [0.3, 0.4) is 0 Å². The number of ether oxygens (including phenoxy) is 1.